The van der Waals surface area contributed by atoms with E-state index in [1.54, 1.807) is 42.2 Å². The van der Waals surface area contributed by atoms with Crippen molar-refractivity contribution in [2.45, 2.75) is 4.90 Å². The Labute approximate surface area is 188 Å². The molecule has 1 N–H and O–H groups in total. The number of carbonyl (C=O) groups excluding carboxylic acids is 1. The zero-order valence-corrected chi connectivity index (χ0v) is 18.2. The first-order valence-corrected chi connectivity index (χ1v) is 11.0. The number of thioether (sulfide) groups is 1. The van der Waals surface area contributed by atoms with Gasteiger partial charge in [0, 0.05) is 21.2 Å². The van der Waals surface area contributed by atoms with Crippen LogP contribution in [0.4, 0.5) is 5.69 Å². The van der Waals surface area contributed by atoms with Gasteiger partial charge >= 0.3 is 0 Å². The molecule has 0 unspecified atom stereocenters. The lowest BCUT2D eigenvalue weighted by atomic mass is 9.99. The molecule has 4 nitrogen and oxygen atoms in total. The summed E-state index contributed by atoms with van der Waals surface area (Å²) >= 11 is 14.1. The van der Waals surface area contributed by atoms with E-state index in [0.717, 1.165) is 16.0 Å². The third-order valence-corrected chi connectivity index (χ3v) is 5.78. The third kappa shape index (κ3) is 4.38. The first-order chi connectivity index (χ1) is 14.5. The van der Waals surface area contributed by atoms with Crippen LogP contribution in [0.2, 0.25) is 10.0 Å². The van der Waals surface area contributed by atoms with Crippen LogP contribution < -0.4 is 5.32 Å². The monoisotopic (exact) mass is 454 g/mol. The summed E-state index contributed by atoms with van der Waals surface area (Å²) in [5.74, 6) is 0.151. The van der Waals surface area contributed by atoms with E-state index < -0.39 is 0 Å². The molecule has 0 fully saturated rings. The fourth-order valence-electron chi connectivity index (χ4n) is 3.06. The zero-order valence-electron chi connectivity index (χ0n) is 15.9. The van der Waals surface area contributed by atoms with E-state index in [-0.39, 0.29) is 5.91 Å². The maximum atomic E-state index is 13.2. The average molecular weight is 455 g/mol. The molecule has 0 atom stereocenters. The van der Waals surface area contributed by atoms with Crippen LogP contribution in [0.1, 0.15) is 10.4 Å². The minimum atomic E-state index is -0.238. The van der Waals surface area contributed by atoms with E-state index in [1.165, 1.54) is 6.26 Å². The van der Waals surface area contributed by atoms with E-state index in [0.29, 0.717) is 32.8 Å². The number of carbonyl (C=O) groups is 1. The second kappa shape index (κ2) is 8.96. The summed E-state index contributed by atoms with van der Waals surface area (Å²) in [6, 6.07) is 18.4. The summed E-state index contributed by atoms with van der Waals surface area (Å²) in [5, 5.41) is 4.04. The maximum Gasteiger partial charge on any atom is 0.256 e. The molecule has 4 rings (SSSR count). The van der Waals surface area contributed by atoms with Gasteiger partial charge in [0.2, 0.25) is 5.89 Å². The van der Waals surface area contributed by atoms with Crippen molar-refractivity contribution in [2.75, 3.05) is 11.6 Å². The zero-order chi connectivity index (χ0) is 21.1. The van der Waals surface area contributed by atoms with Gasteiger partial charge in [-0.05, 0) is 65.9 Å². The Balaban J connectivity index is 1.70. The number of rotatable bonds is 5. The van der Waals surface area contributed by atoms with Gasteiger partial charge in [0.15, 0.2) is 0 Å². The molecular formula is C23H16Cl2N2O2S. The van der Waals surface area contributed by atoms with Crippen LogP contribution in [-0.4, -0.2) is 17.1 Å². The van der Waals surface area contributed by atoms with Crippen LogP contribution in [0.3, 0.4) is 0 Å². The highest BCUT2D eigenvalue weighted by atomic mass is 35.5. The molecule has 0 aliphatic rings. The van der Waals surface area contributed by atoms with E-state index >= 15 is 0 Å². The van der Waals surface area contributed by atoms with Crippen molar-refractivity contribution in [3.63, 3.8) is 0 Å². The smallest absolute Gasteiger partial charge is 0.256 e. The fraction of sp³-hybridized carbons (Fsp3) is 0.0435. The van der Waals surface area contributed by atoms with Gasteiger partial charge in [-0.2, -0.15) is 0 Å². The SMILES string of the molecule is CSc1ccc(C(=O)Nc2ccc(Cl)c(-c3ncco3)c2)c(-c2cccc(Cl)c2)c1. The Bertz CT molecular complexity index is 1210. The van der Waals surface area contributed by atoms with Gasteiger partial charge in [0.05, 0.1) is 16.8 Å². The molecule has 0 radical (unpaired) electrons. The topological polar surface area (TPSA) is 55.1 Å². The first-order valence-electron chi connectivity index (χ1n) is 9.00. The van der Waals surface area contributed by atoms with Crippen molar-refractivity contribution >= 4 is 46.6 Å². The van der Waals surface area contributed by atoms with Crippen LogP contribution in [0.25, 0.3) is 22.6 Å². The van der Waals surface area contributed by atoms with Crippen molar-refractivity contribution < 1.29 is 9.21 Å². The molecule has 150 valence electrons. The number of oxazole rings is 1. The highest BCUT2D eigenvalue weighted by Gasteiger charge is 2.16. The summed E-state index contributed by atoms with van der Waals surface area (Å²) in [6.07, 6.45) is 5.01. The second-order valence-corrected chi connectivity index (χ2v) is 8.13. The van der Waals surface area contributed by atoms with E-state index in [4.69, 9.17) is 27.6 Å². The third-order valence-electron chi connectivity index (χ3n) is 4.49. The van der Waals surface area contributed by atoms with Crippen molar-refractivity contribution in [1.29, 1.82) is 0 Å². The molecule has 30 heavy (non-hydrogen) atoms. The largest absolute Gasteiger partial charge is 0.444 e. The van der Waals surface area contributed by atoms with Gasteiger partial charge in [-0.1, -0.05) is 35.3 Å². The Kier molecular flexibility index (Phi) is 6.13. The Morgan fingerprint density at radius 2 is 1.90 bits per heavy atom. The average Bonchev–Trinajstić information content (AvgIpc) is 3.29. The quantitative estimate of drug-likeness (QED) is 0.321. The second-order valence-electron chi connectivity index (χ2n) is 6.41. The molecule has 4 aromatic rings. The lowest BCUT2D eigenvalue weighted by Gasteiger charge is -2.13. The number of anilines is 1. The van der Waals surface area contributed by atoms with Crippen molar-refractivity contribution in [1.82, 2.24) is 4.98 Å². The predicted molar refractivity (Wildman–Crippen MR) is 124 cm³/mol. The summed E-state index contributed by atoms with van der Waals surface area (Å²) in [4.78, 5) is 18.3. The highest BCUT2D eigenvalue weighted by molar-refractivity contribution is 7.98. The van der Waals surface area contributed by atoms with Gasteiger partial charge in [-0.15, -0.1) is 11.8 Å². The van der Waals surface area contributed by atoms with Gasteiger partial charge in [0.25, 0.3) is 5.91 Å². The molecule has 1 aromatic heterocycles. The fourth-order valence-corrected chi connectivity index (χ4v) is 3.89. The summed E-state index contributed by atoms with van der Waals surface area (Å²) < 4.78 is 5.34. The minimum Gasteiger partial charge on any atom is -0.444 e. The molecule has 0 spiro atoms. The normalized spacial score (nSPS) is 10.8. The number of benzene rings is 3. The van der Waals surface area contributed by atoms with Crippen LogP contribution in [-0.2, 0) is 0 Å². The number of hydrogen-bond acceptors (Lipinski definition) is 4. The summed E-state index contributed by atoms with van der Waals surface area (Å²) in [5.41, 5.74) is 3.42. The minimum absolute atomic E-state index is 0.238. The predicted octanol–water partition coefficient (Wildman–Crippen LogP) is 7.29. The van der Waals surface area contributed by atoms with E-state index in [2.05, 4.69) is 10.3 Å². The Morgan fingerprint density at radius 3 is 2.63 bits per heavy atom. The number of aromatic nitrogens is 1. The molecule has 3 aromatic carbocycles. The van der Waals surface area contributed by atoms with Crippen LogP contribution in [0.5, 0.6) is 0 Å². The van der Waals surface area contributed by atoms with Gasteiger partial charge in [-0.25, -0.2) is 4.98 Å². The maximum absolute atomic E-state index is 13.2. The summed E-state index contributed by atoms with van der Waals surface area (Å²) in [6.45, 7) is 0. The number of nitrogens with one attached hydrogen (secondary N) is 1. The van der Waals surface area contributed by atoms with Gasteiger partial charge < -0.3 is 9.73 Å². The standard InChI is InChI=1S/C23H16Cl2N2O2S/c1-30-17-6-7-18(19(13-17)14-3-2-4-15(24)11-14)22(28)27-16-5-8-21(25)20(12-16)23-26-9-10-29-23/h2-13H,1H3,(H,27,28). The number of hydrogen-bond donors (Lipinski definition) is 1. The van der Waals surface area contributed by atoms with Crippen molar-refractivity contribution in [2.24, 2.45) is 0 Å². The molecule has 0 saturated carbocycles. The molecule has 0 aliphatic heterocycles. The molecule has 0 saturated heterocycles. The van der Waals surface area contributed by atoms with Crippen LogP contribution >= 0.6 is 35.0 Å². The van der Waals surface area contributed by atoms with E-state index in [9.17, 15) is 4.79 Å². The Hall–Kier alpha value is -2.73. The molecule has 0 aliphatic carbocycles. The van der Waals surface area contributed by atoms with Gasteiger partial charge in [0.1, 0.15) is 6.26 Å². The molecule has 0 bridgehead atoms. The molecule has 1 amide bonds. The van der Waals surface area contributed by atoms with Gasteiger partial charge in [-0.3, -0.25) is 4.79 Å². The molecular weight excluding hydrogens is 439 g/mol. The number of halogens is 2. The molecule has 1 heterocycles. The Morgan fingerprint density at radius 1 is 1.03 bits per heavy atom. The van der Waals surface area contributed by atoms with Crippen molar-refractivity contribution in [3.8, 4) is 22.6 Å². The lowest BCUT2D eigenvalue weighted by molar-refractivity contribution is 0.102. The number of amides is 1. The van der Waals surface area contributed by atoms with E-state index in [1.807, 2.05) is 42.7 Å². The highest BCUT2D eigenvalue weighted by Crippen LogP contribution is 2.32. The number of nitrogens with zero attached hydrogens (tertiary/aromatic N) is 1. The first kappa shape index (κ1) is 20.5. The van der Waals surface area contributed by atoms with Crippen LogP contribution in [0.15, 0.2) is 82.4 Å². The summed E-state index contributed by atoms with van der Waals surface area (Å²) in [7, 11) is 0. The lowest BCUT2D eigenvalue weighted by Crippen LogP contribution is -2.13. The molecule has 7 heteroatoms. The van der Waals surface area contributed by atoms with Crippen LogP contribution in [0, 0.1) is 0 Å². The van der Waals surface area contributed by atoms with Crippen molar-refractivity contribution in [3.05, 3.63) is 88.7 Å².